The zero-order chi connectivity index (χ0) is 15.3. The molecule has 1 fully saturated rings. The van der Waals surface area contributed by atoms with Crippen LogP contribution < -0.4 is 15.4 Å². The fraction of sp³-hybridized carbons (Fsp3) is 0.667. The van der Waals surface area contributed by atoms with Crippen molar-refractivity contribution in [2.75, 3.05) is 25.6 Å². The number of rotatable bonds is 5. The minimum atomic E-state index is 0.0935. The number of benzene rings is 1. The van der Waals surface area contributed by atoms with Gasteiger partial charge in [0, 0.05) is 25.3 Å². The SMILES string of the molecule is CCC1CCCC(CN)(N(C)c2cccc(OC)c2)CC1. The topological polar surface area (TPSA) is 38.5 Å². The average Bonchev–Trinajstić information content (AvgIpc) is 2.77. The summed E-state index contributed by atoms with van der Waals surface area (Å²) in [6.45, 7) is 3.03. The second kappa shape index (κ2) is 7.17. The lowest BCUT2D eigenvalue weighted by Crippen LogP contribution is -2.52. The first kappa shape index (κ1) is 16.2. The van der Waals surface area contributed by atoms with E-state index in [9.17, 15) is 0 Å². The van der Waals surface area contributed by atoms with Gasteiger partial charge in [-0.25, -0.2) is 0 Å². The van der Waals surface area contributed by atoms with Crippen LogP contribution in [0.1, 0.15) is 45.4 Å². The third-order valence-corrected chi connectivity index (χ3v) is 5.38. The van der Waals surface area contributed by atoms with E-state index in [2.05, 4.69) is 37.1 Å². The Morgan fingerprint density at radius 2 is 2.14 bits per heavy atom. The lowest BCUT2D eigenvalue weighted by Gasteiger charge is -2.42. The van der Waals surface area contributed by atoms with E-state index in [0.717, 1.165) is 18.2 Å². The zero-order valence-electron chi connectivity index (χ0n) is 13.8. The van der Waals surface area contributed by atoms with Gasteiger partial charge in [-0.3, -0.25) is 0 Å². The predicted octanol–water partition coefficient (Wildman–Crippen LogP) is 3.82. The number of hydrogen-bond donors (Lipinski definition) is 1. The van der Waals surface area contributed by atoms with Crippen molar-refractivity contribution in [3.05, 3.63) is 24.3 Å². The van der Waals surface area contributed by atoms with Crippen LogP contribution in [-0.4, -0.2) is 26.2 Å². The number of nitrogens with zero attached hydrogens (tertiary/aromatic N) is 1. The Morgan fingerprint density at radius 1 is 1.33 bits per heavy atom. The van der Waals surface area contributed by atoms with E-state index in [0.29, 0.717) is 0 Å². The standard InChI is InChI=1S/C18H30N2O/c1-4-15-7-6-11-18(14-19,12-10-15)20(2)16-8-5-9-17(13-16)21-3/h5,8-9,13,15H,4,6-7,10-12,14,19H2,1-3H3. The fourth-order valence-corrected chi connectivity index (χ4v) is 3.64. The fourth-order valence-electron chi connectivity index (χ4n) is 3.64. The van der Waals surface area contributed by atoms with E-state index >= 15 is 0 Å². The molecule has 1 saturated carbocycles. The first-order valence-electron chi connectivity index (χ1n) is 8.23. The van der Waals surface area contributed by atoms with Crippen LogP contribution in [0.15, 0.2) is 24.3 Å². The molecule has 0 aliphatic heterocycles. The Labute approximate surface area is 129 Å². The zero-order valence-corrected chi connectivity index (χ0v) is 13.8. The van der Waals surface area contributed by atoms with Crippen LogP contribution in [-0.2, 0) is 0 Å². The van der Waals surface area contributed by atoms with E-state index in [1.165, 1.54) is 44.2 Å². The maximum absolute atomic E-state index is 6.23. The molecule has 0 spiro atoms. The number of nitrogens with two attached hydrogens (primary N) is 1. The van der Waals surface area contributed by atoms with Crippen LogP contribution in [0, 0.1) is 5.92 Å². The van der Waals surface area contributed by atoms with E-state index in [1.54, 1.807) is 7.11 Å². The van der Waals surface area contributed by atoms with Crippen LogP contribution in [0.3, 0.4) is 0 Å². The third kappa shape index (κ3) is 3.52. The van der Waals surface area contributed by atoms with Crippen molar-refractivity contribution >= 4 is 5.69 Å². The van der Waals surface area contributed by atoms with Crippen LogP contribution >= 0.6 is 0 Å². The first-order valence-corrected chi connectivity index (χ1v) is 8.23. The number of methoxy groups -OCH3 is 1. The van der Waals surface area contributed by atoms with Crippen molar-refractivity contribution < 1.29 is 4.74 Å². The summed E-state index contributed by atoms with van der Waals surface area (Å²) in [6, 6.07) is 8.31. The molecule has 2 atom stereocenters. The van der Waals surface area contributed by atoms with Gasteiger partial charge in [0.15, 0.2) is 0 Å². The molecule has 3 heteroatoms. The van der Waals surface area contributed by atoms with Gasteiger partial charge in [-0.2, -0.15) is 0 Å². The van der Waals surface area contributed by atoms with Gasteiger partial charge in [-0.1, -0.05) is 32.3 Å². The van der Waals surface area contributed by atoms with Gasteiger partial charge in [0.1, 0.15) is 5.75 Å². The van der Waals surface area contributed by atoms with E-state index < -0.39 is 0 Å². The second-order valence-corrected chi connectivity index (χ2v) is 6.39. The smallest absolute Gasteiger partial charge is 0.120 e. The number of likely N-dealkylation sites (N-methyl/N-ethyl adjacent to an activating group) is 1. The highest BCUT2D eigenvalue weighted by Gasteiger charge is 2.35. The van der Waals surface area contributed by atoms with Crippen molar-refractivity contribution in [3.63, 3.8) is 0 Å². The number of ether oxygens (including phenoxy) is 1. The van der Waals surface area contributed by atoms with Gasteiger partial charge >= 0.3 is 0 Å². The van der Waals surface area contributed by atoms with E-state index in [1.807, 2.05) is 6.07 Å². The van der Waals surface area contributed by atoms with Gasteiger partial charge in [-0.15, -0.1) is 0 Å². The maximum atomic E-state index is 6.23. The molecule has 1 aliphatic rings. The van der Waals surface area contributed by atoms with Crippen LogP contribution in [0.25, 0.3) is 0 Å². The molecule has 0 aromatic heterocycles. The Kier molecular flexibility index (Phi) is 5.51. The molecule has 1 aromatic carbocycles. The molecular formula is C18H30N2O. The molecule has 21 heavy (non-hydrogen) atoms. The third-order valence-electron chi connectivity index (χ3n) is 5.38. The van der Waals surface area contributed by atoms with Crippen molar-refractivity contribution in [3.8, 4) is 5.75 Å². The lowest BCUT2D eigenvalue weighted by molar-refractivity contribution is 0.352. The molecule has 1 aromatic rings. The van der Waals surface area contributed by atoms with Gasteiger partial charge in [0.05, 0.1) is 12.6 Å². The minimum Gasteiger partial charge on any atom is -0.497 e. The summed E-state index contributed by atoms with van der Waals surface area (Å²) in [6.07, 6.45) is 7.60. The monoisotopic (exact) mass is 290 g/mol. The number of hydrogen-bond acceptors (Lipinski definition) is 3. The highest BCUT2D eigenvalue weighted by Crippen LogP contribution is 2.37. The summed E-state index contributed by atoms with van der Waals surface area (Å²) >= 11 is 0. The Morgan fingerprint density at radius 3 is 2.81 bits per heavy atom. The molecule has 2 N–H and O–H groups in total. The summed E-state index contributed by atoms with van der Waals surface area (Å²) < 4.78 is 5.36. The maximum Gasteiger partial charge on any atom is 0.120 e. The van der Waals surface area contributed by atoms with Gasteiger partial charge in [0.2, 0.25) is 0 Å². The molecule has 2 unspecified atom stereocenters. The summed E-state index contributed by atoms with van der Waals surface area (Å²) in [5.74, 6) is 1.78. The Hall–Kier alpha value is -1.22. The van der Waals surface area contributed by atoms with Crippen molar-refractivity contribution in [1.29, 1.82) is 0 Å². The molecule has 118 valence electrons. The molecular weight excluding hydrogens is 260 g/mol. The summed E-state index contributed by atoms with van der Waals surface area (Å²) in [5, 5.41) is 0. The minimum absolute atomic E-state index is 0.0935. The van der Waals surface area contributed by atoms with Crippen molar-refractivity contribution in [2.45, 2.75) is 51.0 Å². The van der Waals surface area contributed by atoms with E-state index in [4.69, 9.17) is 10.5 Å². The highest BCUT2D eigenvalue weighted by molar-refractivity contribution is 5.52. The second-order valence-electron chi connectivity index (χ2n) is 6.39. The molecule has 3 nitrogen and oxygen atoms in total. The van der Waals surface area contributed by atoms with Crippen LogP contribution in [0.5, 0.6) is 5.75 Å². The molecule has 1 aliphatic carbocycles. The average molecular weight is 290 g/mol. The van der Waals surface area contributed by atoms with Crippen LogP contribution in [0.2, 0.25) is 0 Å². The van der Waals surface area contributed by atoms with Crippen LogP contribution in [0.4, 0.5) is 5.69 Å². The van der Waals surface area contributed by atoms with Crippen molar-refractivity contribution in [1.82, 2.24) is 0 Å². The van der Waals surface area contributed by atoms with E-state index in [-0.39, 0.29) is 5.54 Å². The summed E-state index contributed by atoms with van der Waals surface area (Å²) in [5.41, 5.74) is 7.53. The van der Waals surface area contributed by atoms with Gasteiger partial charge in [-0.05, 0) is 37.3 Å². The Bertz CT molecular complexity index is 449. The molecule has 2 rings (SSSR count). The largest absolute Gasteiger partial charge is 0.497 e. The highest BCUT2D eigenvalue weighted by atomic mass is 16.5. The first-order chi connectivity index (χ1) is 10.1. The molecule has 0 amide bonds. The number of anilines is 1. The lowest BCUT2D eigenvalue weighted by atomic mass is 9.87. The molecule has 0 bridgehead atoms. The normalized spacial score (nSPS) is 26.2. The van der Waals surface area contributed by atoms with Gasteiger partial charge < -0.3 is 15.4 Å². The quantitative estimate of drug-likeness (QED) is 0.838. The molecule has 0 radical (unpaired) electrons. The molecule has 0 heterocycles. The summed E-state index contributed by atoms with van der Waals surface area (Å²) in [4.78, 5) is 2.40. The summed E-state index contributed by atoms with van der Waals surface area (Å²) in [7, 11) is 3.91. The van der Waals surface area contributed by atoms with Gasteiger partial charge in [0.25, 0.3) is 0 Å². The Balaban J connectivity index is 2.22. The van der Waals surface area contributed by atoms with Crippen molar-refractivity contribution in [2.24, 2.45) is 11.7 Å². The molecule has 0 saturated heterocycles. The predicted molar refractivity (Wildman–Crippen MR) is 90.0 cm³/mol.